The zero-order valence-corrected chi connectivity index (χ0v) is 40.7. The maximum Gasteiger partial charge on any atom is 0.362 e. The molecule has 386 valence electrons. The van der Waals surface area contributed by atoms with E-state index in [1.54, 1.807) is 45.0 Å². The van der Waals surface area contributed by atoms with Crippen molar-refractivity contribution in [2.45, 2.75) is 40.6 Å². The molecule has 14 aromatic rings. The first-order chi connectivity index (χ1) is 37.5. The van der Waals surface area contributed by atoms with Gasteiger partial charge in [0, 0.05) is 57.2 Å². The Morgan fingerprint density at radius 3 is 1.64 bits per heavy atom. The number of rotatable bonds is 6. The molecule has 1 N–H and O–H groups in total. The van der Waals surface area contributed by atoms with Crippen LogP contribution in [0.4, 0.5) is 17.6 Å². The highest BCUT2D eigenvalue weighted by atomic mass is 19.1. The number of ether oxygens (including phenoxy) is 1. The summed E-state index contributed by atoms with van der Waals surface area (Å²) < 4.78 is 92.5. The Hall–Kier alpha value is -10.3. The summed E-state index contributed by atoms with van der Waals surface area (Å²) in [7, 11) is 0. The van der Waals surface area contributed by atoms with E-state index in [4.69, 9.17) is 22.4 Å². The molecule has 0 amide bonds. The van der Waals surface area contributed by atoms with Crippen LogP contribution in [0.2, 0.25) is 0 Å². The largest absolute Gasteiger partial charge is 0.463 e. The number of H-pyrrole nitrogens is 1. The molecule has 22 heteroatoms. The average molecular weight is 1050 g/mol. The molecule has 0 aliphatic rings. The van der Waals surface area contributed by atoms with Crippen molar-refractivity contribution < 1.29 is 44.8 Å². The number of nitrogens with zero attached hydrogens (tertiary/aromatic N) is 7. The van der Waals surface area contributed by atoms with E-state index in [-0.39, 0.29) is 103 Å². The van der Waals surface area contributed by atoms with Gasteiger partial charge in [-0.25, -0.2) is 47.1 Å². The molecule has 4 aromatic carbocycles. The maximum atomic E-state index is 15.5. The second-order valence-corrected chi connectivity index (χ2v) is 19.4. The fourth-order valence-electron chi connectivity index (χ4n) is 10.1. The topological polar surface area (TPSA) is 229 Å². The van der Waals surface area contributed by atoms with Gasteiger partial charge < -0.3 is 36.5 Å². The van der Waals surface area contributed by atoms with Gasteiger partial charge in [0.15, 0.2) is 6.73 Å². The van der Waals surface area contributed by atoms with Crippen molar-refractivity contribution >= 4 is 116 Å². The van der Waals surface area contributed by atoms with Gasteiger partial charge in [0.1, 0.15) is 51.8 Å². The summed E-state index contributed by atoms with van der Waals surface area (Å²) in [4.78, 5) is 83.3. The SMILES string of the molecule is CC(C)(C)C(=O)OCn1cnc2cc(F)c(Cn3c4cc(F)c5ccoc5c4c4c5cccnc5oc(=O)c43)cc2c1=O.O=c1[nH]cnc2cc(F)c(Cn3c4cc(F)c5ccoc5c4c4c5cccnc5oc(=O)c43)cc12. The number of aromatic amines is 1. The minimum absolute atomic E-state index is 0.0280. The highest BCUT2D eigenvalue weighted by Gasteiger charge is 2.28. The molecule has 0 spiro atoms. The monoisotopic (exact) mass is 1050 g/mol. The number of benzene rings is 4. The Balaban J connectivity index is 0.000000151. The number of carbonyl (C=O) groups is 1. The number of hydrogen-bond acceptors (Lipinski definition) is 14. The number of esters is 1. The molecular formula is C56H34F4N8O10. The van der Waals surface area contributed by atoms with E-state index >= 15 is 17.6 Å². The summed E-state index contributed by atoms with van der Waals surface area (Å²) in [6.07, 6.45) is 8.06. The Kier molecular flexibility index (Phi) is 10.6. The van der Waals surface area contributed by atoms with E-state index in [0.717, 1.165) is 16.7 Å². The van der Waals surface area contributed by atoms with Gasteiger partial charge in [-0.2, -0.15) is 0 Å². The minimum atomic E-state index is -0.777. The van der Waals surface area contributed by atoms with Crippen molar-refractivity contribution in [3.63, 3.8) is 0 Å². The molecule has 0 saturated heterocycles. The predicted molar refractivity (Wildman–Crippen MR) is 278 cm³/mol. The van der Waals surface area contributed by atoms with Crippen LogP contribution in [0.1, 0.15) is 31.9 Å². The van der Waals surface area contributed by atoms with Crippen LogP contribution in [0.5, 0.6) is 0 Å². The summed E-state index contributed by atoms with van der Waals surface area (Å²) in [5, 5.41) is 3.51. The number of halogens is 4. The molecule has 0 aliphatic heterocycles. The van der Waals surface area contributed by atoms with Crippen molar-refractivity contribution in [2.24, 2.45) is 5.41 Å². The molecule has 14 rings (SSSR count). The van der Waals surface area contributed by atoms with Gasteiger partial charge in [-0.15, -0.1) is 0 Å². The number of nitrogens with one attached hydrogen (secondary N) is 1. The molecule has 10 aromatic heterocycles. The molecule has 0 bridgehead atoms. The lowest BCUT2D eigenvalue weighted by Crippen LogP contribution is -2.28. The molecular weight excluding hydrogens is 1020 g/mol. The van der Waals surface area contributed by atoms with Gasteiger partial charge in [0.25, 0.3) is 11.1 Å². The number of pyridine rings is 2. The summed E-state index contributed by atoms with van der Waals surface area (Å²) in [6.45, 7) is 4.23. The Morgan fingerprint density at radius 1 is 0.603 bits per heavy atom. The summed E-state index contributed by atoms with van der Waals surface area (Å²) >= 11 is 0. The standard InChI is InChI=1S/C31H22F2N4O6.C25H12F2N4O4/c1-31(2,3)30(40)42-14-36-13-35-21-10-19(32)15(9-18(21)28(36)38)12-37-22-11-20(33)16-6-8-41-26(16)24(22)23-17-5-4-7-34-27(17)43-29(39)25(23)37;26-15-7-17-14(23(32)30-10-29-17)6-11(15)9-31-18-8-16(27)12-3-5-34-22(12)20(18)19-13-2-1-4-28-24(13)35-25(33)21(19)31/h4-11,13H,12,14H2,1-3H3;1-8,10H,9H2,(H,29,30,32). The van der Waals surface area contributed by atoms with Crippen LogP contribution in [0.3, 0.4) is 0 Å². The third-order valence-corrected chi connectivity index (χ3v) is 13.7. The van der Waals surface area contributed by atoms with Crippen LogP contribution in [0, 0.1) is 28.7 Å². The third kappa shape index (κ3) is 7.34. The average Bonchev–Trinajstić information content (AvgIpc) is 4.40. The lowest BCUT2D eigenvalue weighted by Gasteiger charge is -2.17. The van der Waals surface area contributed by atoms with Gasteiger partial charge in [0.2, 0.25) is 11.4 Å². The molecule has 0 unspecified atom stereocenters. The lowest BCUT2D eigenvalue weighted by molar-refractivity contribution is -0.157. The maximum absolute atomic E-state index is 15.5. The van der Waals surface area contributed by atoms with Crippen molar-refractivity contribution in [3.05, 3.63) is 186 Å². The number of furan rings is 2. The van der Waals surface area contributed by atoms with Crippen LogP contribution in [-0.4, -0.2) is 44.6 Å². The first kappa shape index (κ1) is 47.5. The molecule has 0 saturated carbocycles. The highest BCUT2D eigenvalue weighted by molar-refractivity contribution is 6.27. The number of carbonyl (C=O) groups excluding carboxylic acids is 1. The molecule has 0 aliphatic carbocycles. The number of aromatic nitrogens is 8. The lowest BCUT2D eigenvalue weighted by atomic mass is 9.98. The van der Waals surface area contributed by atoms with Crippen molar-refractivity contribution in [1.29, 1.82) is 0 Å². The normalized spacial score (nSPS) is 12.2. The molecule has 0 fully saturated rings. The Morgan fingerprint density at radius 2 is 1.12 bits per heavy atom. The predicted octanol–water partition coefficient (Wildman–Crippen LogP) is 10.2. The molecule has 18 nitrogen and oxygen atoms in total. The quantitative estimate of drug-likeness (QED) is 0.121. The van der Waals surface area contributed by atoms with Gasteiger partial charge in [-0.05, 0) is 81.4 Å². The minimum Gasteiger partial charge on any atom is -0.463 e. The van der Waals surface area contributed by atoms with E-state index in [2.05, 4.69) is 24.9 Å². The van der Waals surface area contributed by atoms with Gasteiger partial charge in [0.05, 0.1) is 91.7 Å². The van der Waals surface area contributed by atoms with Crippen LogP contribution in [-0.2, 0) is 29.4 Å². The summed E-state index contributed by atoms with van der Waals surface area (Å²) in [5.74, 6) is -2.99. The second kappa shape index (κ2) is 17.4. The Bertz CT molecular complexity index is 5180. The smallest absolute Gasteiger partial charge is 0.362 e. The number of fused-ring (bicyclic) bond motifs is 16. The van der Waals surface area contributed by atoms with Crippen LogP contribution in [0.25, 0.3) is 110 Å². The van der Waals surface area contributed by atoms with Gasteiger partial charge in [-0.3, -0.25) is 19.0 Å². The van der Waals surface area contributed by atoms with Crippen LogP contribution in [0.15, 0.2) is 147 Å². The van der Waals surface area contributed by atoms with E-state index < -0.39 is 57.0 Å². The van der Waals surface area contributed by atoms with Crippen LogP contribution < -0.4 is 22.4 Å². The van der Waals surface area contributed by atoms with E-state index in [1.807, 2.05) is 0 Å². The van der Waals surface area contributed by atoms with E-state index in [0.29, 0.717) is 37.8 Å². The first-order valence-corrected chi connectivity index (χ1v) is 23.8. The highest BCUT2D eigenvalue weighted by Crippen LogP contribution is 2.41. The zero-order chi connectivity index (χ0) is 54.1. The van der Waals surface area contributed by atoms with Crippen molar-refractivity contribution in [3.8, 4) is 0 Å². The molecule has 10 heterocycles. The molecule has 78 heavy (non-hydrogen) atoms. The molecule has 0 atom stereocenters. The van der Waals surface area contributed by atoms with Crippen LogP contribution >= 0.6 is 0 Å². The second-order valence-electron chi connectivity index (χ2n) is 19.4. The van der Waals surface area contributed by atoms with E-state index in [9.17, 15) is 24.0 Å². The van der Waals surface area contributed by atoms with Gasteiger partial charge in [-0.1, -0.05) is 0 Å². The molecule has 0 radical (unpaired) electrons. The first-order valence-electron chi connectivity index (χ1n) is 23.8. The number of hydrogen-bond donors (Lipinski definition) is 1. The van der Waals surface area contributed by atoms with Crippen molar-refractivity contribution in [1.82, 2.24) is 38.6 Å². The fraction of sp³-hybridized carbons (Fsp3) is 0.125. The van der Waals surface area contributed by atoms with Gasteiger partial charge >= 0.3 is 17.2 Å². The van der Waals surface area contributed by atoms with E-state index in [1.165, 1.54) is 83.1 Å². The zero-order valence-electron chi connectivity index (χ0n) is 40.7. The fourth-order valence-corrected chi connectivity index (χ4v) is 10.1. The van der Waals surface area contributed by atoms with Crippen molar-refractivity contribution in [2.75, 3.05) is 0 Å². The Labute approximate surface area is 429 Å². The summed E-state index contributed by atoms with van der Waals surface area (Å²) in [5.41, 5.74) is -1.45. The third-order valence-electron chi connectivity index (χ3n) is 13.7. The summed E-state index contributed by atoms with van der Waals surface area (Å²) in [6, 6.07) is 17.3.